The number of amides is 1. The minimum atomic E-state index is -4.19. The second-order valence-corrected chi connectivity index (χ2v) is 6.31. The molecule has 1 fully saturated rings. The first-order valence-electron chi connectivity index (χ1n) is 8.21. The van der Waals surface area contributed by atoms with Crippen molar-refractivity contribution < 1.29 is 31.8 Å². The van der Waals surface area contributed by atoms with Gasteiger partial charge in [0.1, 0.15) is 6.61 Å². The van der Waals surface area contributed by atoms with E-state index in [9.17, 15) is 22.4 Å². The number of carbonyl (C=O) groups excluding carboxylic acids is 1. The Hall–Kier alpha value is -1.71. The topological polar surface area (TPSA) is 73.6 Å². The van der Waals surface area contributed by atoms with Crippen LogP contribution in [0.4, 0.5) is 23.2 Å². The molecule has 0 atom stereocenters. The maximum absolute atomic E-state index is 12.8. The second kappa shape index (κ2) is 8.79. The van der Waals surface area contributed by atoms with Gasteiger partial charge in [0.2, 0.25) is 5.91 Å². The van der Waals surface area contributed by atoms with E-state index in [0.717, 1.165) is 0 Å². The lowest BCUT2D eigenvalue weighted by Crippen LogP contribution is -2.46. The summed E-state index contributed by atoms with van der Waals surface area (Å²) in [6.45, 7) is -0.555. The normalized spacial score (nSPS) is 17.3. The maximum atomic E-state index is 12.8. The Morgan fingerprint density at radius 2 is 2.04 bits per heavy atom. The standard InChI is InChI=1S/C17H22F4N2O3/c18-14(19)17(20,21)11-26-9-12-2-1-3-13(8-12)23-15(24)16(10-22)4-6-25-7-5-16/h1-3,8,14H,4-7,9-11,22H2,(H,23,24). The van der Waals surface area contributed by atoms with Crippen LogP contribution in [0, 0.1) is 5.41 Å². The van der Waals surface area contributed by atoms with Gasteiger partial charge in [0, 0.05) is 25.4 Å². The van der Waals surface area contributed by atoms with Crippen molar-refractivity contribution >= 4 is 11.6 Å². The third-order valence-electron chi connectivity index (χ3n) is 4.39. The van der Waals surface area contributed by atoms with Crippen molar-refractivity contribution in [1.29, 1.82) is 0 Å². The van der Waals surface area contributed by atoms with E-state index in [0.29, 0.717) is 37.3 Å². The number of benzene rings is 1. The van der Waals surface area contributed by atoms with Crippen LogP contribution in [-0.4, -0.2) is 44.6 Å². The average Bonchev–Trinajstić information content (AvgIpc) is 2.62. The number of ether oxygens (including phenoxy) is 2. The van der Waals surface area contributed by atoms with E-state index in [1.165, 1.54) is 0 Å². The lowest BCUT2D eigenvalue weighted by molar-refractivity contribution is -0.168. The lowest BCUT2D eigenvalue weighted by Gasteiger charge is -2.34. The van der Waals surface area contributed by atoms with Crippen molar-refractivity contribution in [2.24, 2.45) is 11.1 Å². The van der Waals surface area contributed by atoms with Crippen molar-refractivity contribution in [2.45, 2.75) is 31.8 Å². The molecule has 9 heteroatoms. The van der Waals surface area contributed by atoms with Gasteiger partial charge in [0.05, 0.1) is 12.0 Å². The average molecular weight is 378 g/mol. The van der Waals surface area contributed by atoms with E-state index in [-0.39, 0.29) is 19.1 Å². The Labute approximate surface area is 148 Å². The van der Waals surface area contributed by atoms with Gasteiger partial charge in [-0.25, -0.2) is 8.78 Å². The fourth-order valence-electron chi connectivity index (χ4n) is 2.66. The largest absolute Gasteiger partial charge is 0.381 e. The predicted octanol–water partition coefficient (Wildman–Crippen LogP) is 2.80. The molecule has 1 saturated heterocycles. The van der Waals surface area contributed by atoms with Crippen LogP contribution < -0.4 is 11.1 Å². The van der Waals surface area contributed by atoms with Crippen LogP contribution in [0.2, 0.25) is 0 Å². The first-order valence-corrected chi connectivity index (χ1v) is 8.21. The Morgan fingerprint density at radius 3 is 2.65 bits per heavy atom. The van der Waals surface area contributed by atoms with E-state index in [4.69, 9.17) is 10.5 Å². The predicted molar refractivity (Wildman–Crippen MR) is 87.2 cm³/mol. The maximum Gasteiger partial charge on any atom is 0.330 e. The Morgan fingerprint density at radius 1 is 1.35 bits per heavy atom. The zero-order chi connectivity index (χ0) is 19.2. The summed E-state index contributed by atoms with van der Waals surface area (Å²) in [5, 5.41) is 2.77. The molecular formula is C17H22F4N2O3. The smallest absolute Gasteiger partial charge is 0.330 e. The van der Waals surface area contributed by atoms with Crippen LogP contribution in [-0.2, 0) is 20.9 Å². The summed E-state index contributed by atoms with van der Waals surface area (Å²) in [4.78, 5) is 12.6. The molecule has 0 aromatic heterocycles. The van der Waals surface area contributed by atoms with E-state index in [1.54, 1.807) is 24.3 Å². The minimum Gasteiger partial charge on any atom is -0.381 e. The summed E-state index contributed by atoms with van der Waals surface area (Å²) >= 11 is 0. The van der Waals surface area contributed by atoms with Crippen molar-refractivity contribution in [3.63, 3.8) is 0 Å². The highest BCUT2D eigenvalue weighted by molar-refractivity contribution is 5.95. The third-order valence-corrected chi connectivity index (χ3v) is 4.39. The number of nitrogens with two attached hydrogens (primary N) is 1. The number of hydrogen-bond acceptors (Lipinski definition) is 4. The molecule has 0 bridgehead atoms. The van der Waals surface area contributed by atoms with Crippen molar-refractivity contribution in [2.75, 3.05) is 31.7 Å². The summed E-state index contributed by atoms with van der Waals surface area (Å²) in [6, 6.07) is 6.38. The van der Waals surface area contributed by atoms with Crippen molar-refractivity contribution in [3.8, 4) is 0 Å². The molecule has 0 aliphatic carbocycles. The van der Waals surface area contributed by atoms with Crippen LogP contribution in [0.5, 0.6) is 0 Å². The Balaban J connectivity index is 1.95. The number of nitrogens with one attached hydrogen (secondary N) is 1. The van der Waals surface area contributed by atoms with Gasteiger partial charge in [-0.1, -0.05) is 12.1 Å². The number of carbonyl (C=O) groups is 1. The zero-order valence-corrected chi connectivity index (χ0v) is 14.2. The molecule has 0 unspecified atom stereocenters. The van der Waals surface area contributed by atoms with Gasteiger partial charge in [0.15, 0.2) is 0 Å². The molecule has 146 valence electrons. The molecule has 2 rings (SSSR count). The molecular weight excluding hydrogens is 356 g/mol. The molecule has 1 aromatic rings. The molecule has 0 spiro atoms. The van der Waals surface area contributed by atoms with Crippen molar-refractivity contribution in [3.05, 3.63) is 29.8 Å². The molecule has 1 amide bonds. The number of alkyl halides is 4. The molecule has 1 aliphatic rings. The van der Waals surface area contributed by atoms with Gasteiger partial charge in [-0.05, 0) is 30.5 Å². The first-order chi connectivity index (χ1) is 12.3. The lowest BCUT2D eigenvalue weighted by atomic mass is 9.79. The summed E-state index contributed by atoms with van der Waals surface area (Å²) in [6.07, 6.45) is -2.75. The summed E-state index contributed by atoms with van der Waals surface area (Å²) in [7, 11) is 0. The van der Waals surface area contributed by atoms with Gasteiger partial charge in [0.25, 0.3) is 0 Å². The molecule has 0 radical (unpaired) electrons. The first kappa shape index (κ1) is 20.6. The highest BCUT2D eigenvalue weighted by Crippen LogP contribution is 2.31. The monoisotopic (exact) mass is 378 g/mol. The molecule has 3 N–H and O–H groups in total. The minimum absolute atomic E-state index is 0.188. The fraction of sp³-hybridized carbons (Fsp3) is 0.588. The van der Waals surface area contributed by atoms with Crippen LogP contribution >= 0.6 is 0 Å². The second-order valence-electron chi connectivity index (χ2n) is 6.31. The van der Waals surface area contributed by atoms with Gasteiger partial charge in [-0.2, -0.15) is 8.78 Å². The number of anilines is 1. The highest BCUT2D eigenvalue weighted by atomic mass is 19.3. The van der Waals surface area contributed by atoms with Crippen LogP contribution in [0.1, 0.15) is 18.4 Å². The van der Waals surface area contributed by atoms with E-state index < -0.39 is 24.4 Å². The van der Waals surface area contributed by atoms with Crippen LogP contribution in [0.25, 0.3) is 0 Å². The molecule has 1 heterocycles. The van der Waals surface area contributed by atoms with E-state index in [1.807, 2.05) is 0 Å². The fourth-order valence-corrected chi connectivity index (χ4v) is 2.66. The quantitative estimate of drug-likeness (QED) is 0.683. The highest BCUT2D eigenvalue weighted by Gasteiger charge is 2.41. The van der Waals surface area contributed by atoms with Gasteiger partial charge >= 0.3 is 12.3 Å². The summed E-state index contributed by atoms with van der Waals surface area (Å²) in [5.41, 5.74) is 6.01. The van der Waals surface area contributed by atoms with Gasteiger partial charge in [-0.15, -0.1) is 0 Å². The molecule has 0 saturated carbocycles. The number of hydrogen-bond donors (Lipinski definition) is 2. The summed E-state index contributed by atoms with van der Waals surface area (Å²) < 4.78 is 59.8. The van der Waals surface area contributed by atoms with E-state index >= 15 is 0 Å². The molecule has 1 aromatic carbocycles. The van der Waals surface area contributed by atoms with E-state index in [2.05, 4.69) is 10.1 Å². The molecule has 26 heavy (non-hydrogen) atoms. The number of rotatable bonds is 8. The molecule has 1 aliphatic heterocycles. The van der Waals surface area contributed by atoms with Crippen LogP contribution in [0.15, 0.2) is 24.3 Å². The third kappa shape index (κ3) is 5.15. The summed E-state index contributed by atoms with van der Waals surface area (Å²) in [5.74, 6) is -4.42. The SMILES string of the molecule is NCC1(C(=O)Nc2cccc(COCC(F)(F)C(F)F)c2)CCOCC1. The van der Waals surface area contributed by atoms with Crippen molar-refractivity contribution in [1.82, 2.24) is 0 Å². The Kier molecular flexibility index (Phi) is 6.96. The van der Waals surface area contributed by atoms with Gasteiger partial charge in [-0.3, -0.25) is 4.79 Å². The zero-order valence-electron chi connectivity index (χ0n) is 14.2. The Bertz CT molecular complexity index is 607. The molecule has 5 nitrogen and oxygen atoms in total. The van der Waals surface area contributed by atoms with Crippen LogP contribution in [0.3, 0.4) is 0 Å². The van der Waals surface area contributed by atoms with Gasteiger partial charge < -0.3 is 20.5 Å². The number of halogens is 4.